The van der Waals surface area contributed by atoms with Crippen LogP contribution in [0.25, 0.3) is 0 Å². The summed E-state index contributed by atoms with van der Waals surface area (Å²) in [4.78, 5) is 14.3. The van der Waals surface area contributed by atoms with Crippen LogP contribution in [-0.2, 0) is 0 Å². The first-order valence-corrected chi connectivity index (χ1v) is 5.65. The van der Waals surface area contributed by atoms with Gasteiger partial charge >= 0.3 is 5.69 Å². The molecule has 0 spiro atoms. The van der Waals surface area contributed by atoms with Gasteiger partial charge in [-0.25, -0.2) is 0 Å². The fraction of sp³-hybridized carbons (Fsp3) is 0.0714. The van der Waals surface area contributed by atoms with Crippen LogP contribution in [-0.4, -0.2) is 16.2 Å². The highest BCUT2D eigenvalue weighted by molar-refractivity contribution is 5.87. The molecule has 0 amide bonds. The second-order valence-corrected chi connectivity index (χ2v) is 4.02. The highest BCUT2D eigenvalue weighted by Crippen LogP contribution is 2.28. The Labute approximate surface area is 110 Å². The van der Waals surface area contributed by atoms with E-state index in [1.807, 2.05) is 31.2 Å². The van der Waals surface area contributed by atoms with E-state index in [4.69, 9.17) is 0 Å². The van der Waals surface area contributed by atoms with Crippen molar-refractivity contribution in [3.63, 3.8) is 0 Å². The van der Waals surface area contributed by atoms with Crippen molar-refractivity contribution in [1.82, 2.24) is 0 Å². The van der Waals surface area contributed by atoms with Crippen molar-refractivity contribution in [3.05, 3.63) is 63.7 Å². The molecule has 5 nitrogen and oxygen atoms in total. The molecule has 5 heteroatoms. The minimum atomic E-state index is -0.625. The first kappa shape index (κ1) is 12.8. The van der Waals surface area contributed by atoms with Crippen molar-refractivity contribution in [3.8, 4) is 5.75 Å². The molecule has 0 saturated heterocycles. The van der Waals surface area contributed by atoms with Crippen LogP contribution in [0.3, 0.4) is 0 Å². The third kappa shape index (κ3) is 2.77. The lowest BCUT2D eigenvalue weighted by Crippen LogP contribution is -1.91. The molecule has 0 saturated carbocycles. The largest absolute Gasteiger partial charge is 0.502 e. The highest BCUT2D eigenvalue weighted by atomic mass is 16.6. The van der Waals surface area contributed by atoms with Crippen LogP contribution in [0.1, 0.15) is 11.1 Å². The average Bonchev–Trinajstić information content (AvgIpc) is 2.39. The second-order valence-electron chi connectivity index (χ2n) is 4.02. The van der Waals surface area contributed by atoms with E-state index in [0.29, 0.717) is 5.56 Å². The van der Waals surface area contributed by atoms with E-state index in [1.54, 1.807) is 6.07 Å². The average molecular weight is 256 g/mol. The van der Waals surface area contributed by atoms with E-state index in [2.05, 4.69) is 4.99 Å². The molecule has 19 heavy (non-hydrogen) atoms. The van der Waals surface area contributed by atoms with Gasteiger partial charge in [-0.05, 0) is 24.6 Å². The highest BCUT2D eigenvalue weighted by Gasteiger charge is 2.14. The second kappa shape index (κ2) is 5.30. The van der Waals surface area contributed by atoms with Crippen molar-refractivity contribution in [2.75, 3.05) is 0 Å². The molecule has 2 rings (SSSR count). The van der Waals surface area contributed by atoms with Gasteiger partial charge in [0.1, 0.15) is 0 Å². The Morgan fingerprint density at radius 1 is 1.21 bits per heavy atom. The third-order valence-electron chi connectivity index (χ3n) is 2.70. The van der Waals surface area contributed by atoms with Crippen LogP contribution in [0.5, 0.6) is 5.75 Å². The number of nitro benzene ring substituents is 1. The molecule has 0 aliphatic heterocycles. The number of aromatic hydroxyl groups is 1. The maximum Gasteiger partial charge on any atom is 0.311 e. The van der Waals surface area contributed by atoms with Gasteiger partial charge in [-0.2, -0.15) is 0 Å². The summed E-state index contributed by atoms with van der Waals surface area (Å²) in [7, 11) is 0. The fourth-order valence-electron chi connectivity index (χ4n) is 1.65. The maximum atomic E-state index is 10.7. The molecule has 0 aromatic heterocycles. The SMILES string of the molecule is Cc1ccccc1N=Cc1cccc([N+](=O)[O-])c1O. The number of para-hydroxylation sites is 2. The number of benzene rings is 2. The minimum Gasteiger partial charge on any atom is -0.502 e. The van der Waals surface area contributed by atoms with Crippen molar-refractivity contribution >= 4 is 17.6 Å². The normalized spacial score (nSPS) is 10.8. The van der Waals surface area contributed by atoms with E-state index in [-0.39, 0.29) is 11.4 Å². The number of hydrogen-bond acceptors (Lipinski definition) is 4. The molecule has 1 N–H and O–H groups in total. The molecule has 0 unspecified atom stereocenters. The maximum absolute atomic E-state index is 10.7. The Morgan fingerprint density at radius 3 is 2.63 bits per heavy atom. The predicted octanol–water partition coefficient (Wildman–Crippen LogP) is 3.36. The molecule has 0 aliphatic rings. The van der Waals surface area contributed by atoms with E-state index < -0.39 is 4.92 Å². The van der Waals surface area contributed by atoms with E-state index in [9.17, 15) is 15.2 Å². The van der Waals surface area contributed by atoms with E-state index in [0.717, 1.165) is 11.3 Å². The first-order valence-electron chi connectivity index (χ1n) is 5.65. The Morgan fingerprint density at radius 2 is 1.95 bits per heavy atom. The Hall–Kier alpha value is -2.69. The van der Waals surface area contributed by atoms with E-state index >= 15 is 0 Å². The number of rotatable bonds is 3. The fourth-order valence-corrected chi connectivity index (χ4v) is 1.65. The Bertz CT molecular complexity index is 651. The molecule has 0 fully saturated rings. The summed E-state index contributed by atoms with van der Waals surface area (Å²) >= 11 is 0. The van der Waals surface area contributed by atoms with Gasteiger partial charge in [-0.1, -0.05) is 24.3 Å². The standard InChI is InChI=1S/C14H12N2O3/c1-10-5-2-3-7-12(10)15-9-11-6-4-8-13(14(11)17)16(18)19/h2-9,17H,1H3. The lowest BCUT2D eigenvalue weighted by molar-refractivity contribution is -0.385. The summed E-state index contributed by atoms with van der Waals surface area (Å²) < 4.78 is 0. The van der Waals surface area contributed by atoms with Crippen LogP contribution >= 0.6 is 0 Å². The van der Waals surface area contributed by atoms with Gasteiger partial charge in [0.25, 0.3) is 0 Å². The molecule has 2 aromatic rings. The lowest BCUT2D eigenvalue weighted by Gasteiger charge is -2.01. The summed E-state index contributed by atoms with van der Waals surface area (Å²) in [6, 6.07) is 11.8. The van der Waals surface area contributed by atoms with Crippen LogP contribution in [0.4, 0.5) is 11.4 Å². The third-order valence-corrected chi connectivity index (χ3v) is 2.70. The van der Waals surface area contributed by atoms with Crippen LogP contribution in [0.15, 0.2) is 47.5 Å². The molecular weight excluding hydrogens is 244 g/mol. The molecule has 2 aromatic carbocycles. The van der Waals surface area contributed by atoms with Crippen molar-refractivity contribution < 1.29 is 10.0 Å². The van der Waals surface area contributed by atoms with Crippen LogP contribution < -0.4 is 0 Å². The number of hydrogen-bond donors (Lipinski definition) is 1. The number of aliphatic imine (C=N–C) groups is 1. The summed E-state index contributed by atoms with van der Waals surface area (Å²) in [5.74, 6) is -0.371. The van der Waals surface area contributed by atoms with Crippen molar-refractivity contribution in [2.24, 2.45) is 4.99 Å². The summed E-state index contributed by atoms with van der Waals surface area (Å²) in [5.41, 5.74) is 1.74. The molecule has 0 aliphatic carbocycles. The number of phenols is 1. The molecule has 0 atom stereocenters. The van der Waals surface area contributed by atoms with Crippen LogP contribution in [0, 0.1) is 17.0 Å². The molecule has 96 valence electrons. The quantitative estimate of drug-likeness (QED) is 0.519. The predicted molar refractivity (Wildman–Crippen MR) is 73.2 cm³/mol. The van der Waals surface area contributed by atoms with Gasteiger partial charge < -0.3 is 5.11 Å². The monoisotopic (exact) mass is 256 g/mol. The van der Waals surface area contributed by atoms with Gasteiger partial charge in [0, 0.05) is 17.8 Å². The summed E-state index contributed by atoms with van der Waals surface area (Å²) in [6.07, 6.45) is 1.42. The first-order chi connectivity index (χ1) is 9.09. The molecule has 0 radical (unpaired) electrons. The number of nitrogens with zero attached hydrogens (tertiary/aromatic N) is 2. The van der Waals surface area contributed by atoms with Gasteiger partial charge in [0.05, 0.1) is 10.6 Å². The van der Waals surface area contributed by atoms with Crippen LogP contribution in [0.2, 0.25) is 0 Å². The molecule has 0 bridgehead atoms. The Kier molecular flexibility index (Phi) is 3.56. The zero-order chi connectivity index (χ0) is 13.8. The zero-order valence-corrected chi connectivity index (χ0v) is 10.3. The van der Waals surface area contributed by atoms with Gasteiger partial charge in [-0.3, -0.25) is 15.1 Å². The zero-order valence-electron chi connectivity index (χ0n) is 10.3. The van der Waals surface area contributed by atoms with E-state index in [1.165, 1.54) is 18.3 Å². The van der Waals surface area contributed by atoms with Crippen molar-refractivity contribution in [1.29, 1.82) is 0 Å². The smallest absolute Gasteiger partial charge is 0.311 e. The molecule has 0 heterocycles. The topological polar surface area (TPSA) is 75.7 Å². The van der Waals surface area contributed by atoms with Gasteiger partial charge in [0.2, 0.25) is 5.75 Å². The summed E-state index contributed by atoms with van der Waals surface area (Å²) in [6.45, 7) is 1.92. The molecular formula is C14H12N2O3. The number of phenolic OH excluding ortho intramolecular Hbond substituents is 1. The van der Waals surface area contributed by atoms with Crippen molar-refractivity contribution in [2.45, 2.75) is 6.92 Å². The number of aryl methyl sites for hydroxylation is 1. The lowest BCUT2D eigenvalue weighted by atomic mass is 10.2. The number of nitro groups is 1. The van der Waals surface area contributed by atoms with Gasteiger partial charge in [-0.15, -0.1) is 0 Å². The van der Waals surface area contributed by atoms with Gasteiger partial charge in [0.15, 0.2) is 0 Å². The summed E-state index contributed by atoms with van der Waals surface area (Å²) in [5, 5.41) is 20.5. The Balaban J connectivity index is 2.37. The minimum absolute atomic E-state index is 0.317.